The van der Waals surface area contributed by atoms with E-state index in [1.165, 1.54) is 0 Å². The van der Waals surface area contributed by atoms with E-state index in [2.05, 4.69) is 72.6 Å². The highest BCUT2D eigenvalue weighted by Crippen LogP contribution is 2.30. The van der Waals surface area contributed by atoms with Crippen molar-refractivity contribution in [2.45, 2.75) is 57.7 Å². The molecule has 2 N–H and O–H groups in total. The van der Waals surface area contributed by atoms with Crippen LogP contribution in [0.5, 0.6) is 0 Å². The van der Waals surface area contributed by atoms with Crippen LogP contribution in [0.3, 0.4) is 0 Å². The molecular formula is C24H29N5. The summed E-state index contributed by atoms with van der Waals surface area (Å²) in [5.74, 6) is 0.690. The van der Waals surface area contributed by atoms with Gasteiger partial charge in [-0.25, -0.2) is 9.97 Å². The molecule has 0 saturated carbocycles. The topological polar surface area (TPSA) is 62.7 Å². The van der Waals surface area contributed by atoms with Crippen LogP contribution in [0.4, 0.5) is 5.95 Å². The Labute approximate surface area is 173 Å². The average molecular weight is 388 g/mol. The molecule has 3 heterocycles. The van der Waals surface area contributed by atoms with Crippen LogP contribution in [0.1, 0.15) is 40.5 Å². The Balaban J connectivity index is 1.52. The summed E-state index contributed by atoms with van der Waals surface area (Å²) in [6.07, 6.45) is 5.70. The summed E-state index contributed by atoms with van der Waals surface area (Å²) in [6, 6.07) is 16.6. The maximum atomic E-state index is 4.78. The molecular weight excluding hydrogens is 358 g/mol. The van der Waals surface area contributed by atoms with Crippen LogP contribution in [-0.2, 0) is 0 Å². The van der Waals surface area contributed by atoms with Crippen molar-refractivity contribution in [3.8, 4) is 22.5 Å². The molecule has 4 rings (SSSR count). The van der Waals surface area contributed by atoms with Crippen molar-refractivity contribution in [3.05, 3.63) is 60.9 Å². The Morgan fingerprint density at radius 3 is 2.07 bits per heavy atom. The molecule has 0 radical (unpaired) electrons. The Kier molecular flexibility index (Phi) is 5.09. The largest absolute Gasteiger partial charge is 0.351 e. The van der Waals surface area contributed by atoms with Gasteiger partial charge in [-0.3, -0.25) is 4.98 Å². The first kappa shape index (κ1) is 19.5. The molecule has 1 aliphatic heterocycles. The average Bonchev–Trinajstić information content (AvgIpc) is 2.66. The maximum absolute atomic E-state index is 4.78. The van der Waals surface area contributed by atoms with Gasteiger partial charge in [0, 0.05) is 40.6 Å². The summed E-state index contributed by atoms with van der Waals surface area (Å²) in [6.45, 7) is 9.01. The lowest BCUT2D eigenvalue weighted by atomic mass is 9.80. The van der Waals surface area contributed by atoms with Crippen molar-refractivity contribution in [2.75, 3.05) is 5.32 Å². The third-order valence-electron chi connectivity index (χ3n) is 5.32. The molecule has 0 atom stereocenters. The van der Waals surface area contributed by atoms with E-state index in [9.17, 15) is 0 Å². The SMILES string of the molecule is CC1(C)CC(Nc2nccc(-c3ccc(-c4ccccn4)cc3)n2)CC(C)(C)N1. The smallest absolute Gasteiger partial charge is 0.223 e. The van der Waals surface area contributed by atoms with Crippen molar-refractivity contribution in [1.29, 1.82) is 0 Å². The zero-order valence-electron chi connectivity index (χ0n) is 17.6. The molecule has 1 fully saturated rings. The van der Waals surface area contributed by atoms with Gasteiger partial charge < -0.3 is 10.6 Å². The maximum Gasteiger partial charge on any atom is 0.223 e. The van der Waals surface area contributed by atoms with Crippen molar-refractivity contribution >= 4 is 5.95 Å². The minimum Gasteiger partial charge on any atom is -0.351 e. The number of aromatic nitrogens is 3. The van der Waals surface area contributed by atoms with Gasteiger partial charge in [0.25, 0.3) is 0 Å². The van der Waals surface area contributed by atoms with E-state index in [0.29, 0.717) is 12.0 Å². The van der Waals surface area contributed by atoms with Crippen LogP contribution in [0.25, 0.3) is 22.5 Å². The van der Waals surface area contributed by atoms with Gasteiger partial charge in [-0.15, -0.1) is 0 Å². The van der Waals surface area contributed by atoms with Crippen LogP contribution in [0.2, 0.25) is 0 Å². The van der Waals surface area contributed by atoms with Crippen molar-refractivity contribution in [2.24, 2.45) is 0 Å². The molecule has 1 aliphatic rings. The molecule has 1 saturated heterocycles. The summed E-state index contributed by atoms with van der Waals surface area (Å²) in [4.78, 5) is 13.7. The lowest BCUT2D eigenvalue weighted by Gasteiger charge is -2.46. The summed E-state index contributed by atoms with van der Waals surface area (Å²) in [7, 11) is 0. The van der Waals surface area contributed by atoms with Gasteiger partial charge in [-0.05, 0) is 58.7 Å². The molecule has 150 valence electrons. The molecule has 5 nitrogen and oxygen atoms in total. The van der Waals surface area contributed by atoms with Crippen LogP contribution < -0.4 is 10.6 Å². The van der Waals surface area contributed by atoms with Gasteiger partial charge in [0.05, 0.1) is 11.4 Å². The molecule has 5 heteroatoms. The third-order valence-corrected chi connectivity index (χ3v) is 5.32. The second-order valence-electron chi connectivity index (χ2n) is 9.20. The molecule has 29 heavy (non-hydrogen) atoms. The van der Waals surface area contributed by atoms with E-state index in [4.69, 9.17) is 4.98 Å². The first-order valence-corrected chi connectivity index (χ1v) is 10.2. The first-order chi connectivity index (χ1) is 13.8. The number of piperidine rings is 1. The minimum absolute atomic E-state index is 0.0817. The standard InChI is InChI=1S/C24H29N5/c1-23(2)15-19(16-24(3,4)29-23)27-22-26-14-12-21(28-22)18-10-8-17(9-11-18)20-7-5-6-13-25-20/h5-14,19,29H,15-16H2,1-4H3,(H,26,27,28). The lowest BCUT2D eigenvalue weighted by molar-refractivity contribution is 0.170. The van der Waals surface area contributed by atoms with E-state index >= 15 is 0 Å². The fourth-order valence-corrected chi connectivity index (χ4v) is 4.54. The molecule has 0 aliphatic carbocycles. The summed E-state index contributed by atoms with van der Waals surface area (Å²) in [5.41, 5.74) is 4.22. The Hall–Kier alpha value is -2.79. The zero-order chi connectivity index (χ0) is 20.5. The number of hydrogen-bond donors (Lipinski definition) is 2. The summed E-state index contributed by atoms with van der Waals surface area (Å²) in [5, 5.41) is 7.29. The number of rotatable bonds is 4. The molecule has 2 aromatic heterocycles. The number of pyridine rings is 1. The van der Waals surface area contributed by atoms with Crippen LogP contribution in [0, 0.1) is 0 Å². The molecule has 0 bridgehead atoms. The fourth-order valence-electron chi connectivity index (χ4n) is 4.54. The van der Waals surface area contributed by atoms with Crippen LogP contribution >= 0.6 is 0 Å². The molecule has 0 amide bonds. The number of nitrogens with one attached hydrogen (secondary N) is 2. The normalized spacial score (nSPS) is 18.3. The van der Waals surface area contributed by atoms with E-state index in [-0.39, 0.29) is 11.1 Å². The predicted molar refractivity (Wildman–Crippen MR) is 119 cm³/mol. The highest BCUT2D eigenvalue weighted by molar-refractivity contribution is 5.67. The Bertz CT molecular complexity index is 948. The van der Waals surface area contributed by atoms with Gasteiger partial charge in [0.1, 0.15) is 0 Å². The van der Waals surface area contributed by atoms with Gasteiger partial charge >= 0.3 is 0 Å². The summed E-state index contributed by atoms with van der Waals surface area (Å²) >= 11 is 0. The quantitative estimate of drug-likeness (QED) is 0.665. The highest BCUT2D eigenvalue weighted by Gasteiger charge is 2.37. The molecule has 0 unspecified atom stereocenters. The first-order valence-electron chi connectivity index (χ1n) is 10.2. The van der Waals surface area contributed by atoms with Crippen molar-refractivity contribution in [3.63, 3.8) is 0 Å². The second-order valence-corrected chi connectivity index (χ2v) is 9.20. The van der Waals surface area contributed by atoms with E-state index in [1.807, 2.05) is 36.7 Å². The van der Waals surface area contributed by atoms with Crippen molar-refractivity contribution < 1.29 is 0 Å². The predicted octanol–water partition coefficient (Wildman–Crippen LogP) is 4.93. The third kappa shape index (κ3) is 4.80. The van der Waals surface area contributed by atoms with E-state index in [1.54, 1.807) is 0 Å². The van der Waals surface area contributed by atoms with E-state index < -0.39 is 0 Å². The van der Waals surface area contributed by atoms with E-state index in [0.717, 1.165) is 35.4 Å². The molecule has 0 spiro atoms. The molecule has 3 aromatic rings. The number of nitrogens with zero attached hydrogens (tertiary/aromatic N) is 3. The van der Waals surface area contributed by atoms with Gasteiger partial charge in [-0.2, -0.15) is 0 Å². The van der Waals surface area contributed by atoms with Crippen LogP contribution in [0.15, 0.2) is 60.9 Å². The van der Waals surface area contributed by atoms with Crippen LogP contribution in [-0.4, -0.2) is 32.1 Å². The monoisotopic (exact) mass is 387 g/mol. The minimum atomic E-state index is 0.0817. The van der Waals surface area contributed by atoms with Gasteiger partial charge in [0.15, 0.2) is 0 Å². The summed E-state index contributed by atoms with van der Waals surface area (Å²) < 4.78 is 0. The fraction of sp³-hybridized carbons (Fsp3) is 0.375. The van der Waals surface area contributed by atoms with Gasteiger partial charge in [-0.1, -0.05) is 30.3 Å². The number of hydrogen-bond acceptors (Lipinski definition) is 5. The Morgan fingerprint density at radius 1 is 0.793 bits per heavy atom. The molecule has 1 aromatic carbocycles. The highest BCUT2D eigenvalue weighted by atomic mass is 15.1. The lowest BCUT2D eigenvalue weighted by Crippen LogP contribution is -2.60. The second kappa shape index (κ2) is 7.56. The van der Waals surface area contributed by atoms with Gasteiger partial charge in [0.2, 0.25) is 5.95 Å². The number of anilines is 1. The number of benzene rings is 1. The zero-order valence-corrected chi connectivity index (χ0v) is 17.6. The van der Waals surface area contributed by atoms with Crippen molar-refractivity contribution in [1.82, 2.24) is 20.3 Å². The Morgan fingerprint density at radius 2 is 1.45 bits per heavy atom.